The minimum absolute atomic E-state index is 0.146. The number of likely N-dealkylation sites (N-methyl/N-ethyl adjacent to an activating group) is 1. The van der Waals surface area contributed by atoms with Gasteiger partial charge >= 0.3 is 0 Å². The molecule has 4 nitrogen and oxygen atoms in total. The molecule has 5 rings (SSSR count). The van der Waals surface area contributed by atoms with E-state index in [1.54, 1.807) is 0 Å². The summed E-state index contributed by atoms with van der Waals surface area (Å²) in [6.45, 7) is 8.02. The van der Waals surface area contributed by atoms with Gasteiger partial charge in [-0.3, -0.25) is 0 Å². The third-order valence-electron chi connectivity index (χ3n) is 8.13. The first kappa shape index (κ1) is 23.5. The van der Waals surface area contributed by atoms with Crippen molar-refractivity contribution >= 4 is 10.8 Å². The molecule has 0 spiro atoms. The van der Waals surface area contributed by atoms with Crippen LogP contribution in [0.3, 0.4) is 0 Å². The van der Waals surface area contributed by atoms with E-state index in [2.05, 4.69) is 90.5 Å². The molecule has 3 aromatic carbocycles. The molecule has 2 aliphatic rings. The summed E-state index contributed by atoms with van der Waals surface area (Å²) in [5.74, 6) is 0.146. The standard InChI is InChI=1S/C30H38N2O2/c1-23-7-3-4-10-26(23)22-34-29-13-14-30(33,27-12-11-24-8-5-6-9-25(24)19-27)28(20-29)21-32-17-15-31(2)16-18-32/h3-12,19,28-29,33H,13-18,20-22H2,1-2H3. The molecule has 1 heterocycles. The predicted molar refractivity (Wildman–Crippen MR) is 139 cm³/mol. The Morgan fingerprint density at radius 1 is 0.941 bits per heavy atom. The molecule has 3 atom stereocenters. The van der Waals surface area contributed by atoms with Gasteiger partial charge in [0.15, 0.2) is 0 Å². The fraction of sp³-hybridized carbons (Fsp3) is 0.467. The van der Waals surface area contributed by atoms with E-state index in [-0.39, 0.29) is 12.0 Å². The number of aryl methyl sites for hydroxylation is 1. The molecule has 0 radical (unpaired) electrons. The number of benzene rings is 3. The van der Waals surface area contributed by atoms with Crippen LogP contribution in [-0.4, -0.2) is 60.8 Å². The highest BCUT2D eigenvalue weighted by Gasteiger charge is 2.44. The van der Waals surface area contributed by atoms with Gasteiger partial charge in [-0.2, -0.15) is 0 Å². The Kier molecular flexibility index (Phi) is 7.03. The molecule has 1 saturated carbocycles. The number of piperazine rings is 1. The maximum Gasteiger partial charge on any atom is 0.0938 e. The molecule has 1 aliphatic carbocycles. The Hall–Kier alpha value is -2.24. The van der Waals surface area contributed by atoms with E-state index in [0.717, 1.165) is 57.5 Å². The molecule has 0 aromatic heterocycles. The van der Waals surface area contributed by atoms with Crippen LogP contribution in [0.15, 0.2) is 66.7 Å². The number of hydrogen-bond acceptors (Lipinski definition) is 4. The van der Waals surface area contributed by atoms with Crippen molar-refractivity contribution in [3.63, 3.8) is 0 Å². The number of fused-ring (bicyclic) bond motifs is 1. The molecule has 3 aromatic rings. The highest BCUT2D eigenvalue weighted by Crippen LogP contribution is 2.44. The maximum atomic E-state index is 12.2. The zero-order valence-corrected chi connectivity index (χ0v) is 20.6. The van der Waals surface area contributed by atoms with E-state index in [0.29, 0.717) is 6.61 Å². The van der Waals surface area contributed by atoms with Gasteiger partial charge in [0.25, 0.3) is 0 Å². The average Bonchev–Trinajstić information content (AvgIpc) is 2.86. The fourth-order valence-electron chi connectivity index (χ4n) is 5.75. The van der Waals surface area contributed by atoms with Gasteiger partial charge in [0.05, 0.1) is 18.3 Å². The summed E-state index contributed by atoms with van der Waals surface area (Å²) in [7, 11) is 2.19. The van der Waals surface area contributed by atoms with Crippen LogP contribution in [0.2, 0.25) is 0 Å². The molecule has 0 bridgehead atoms. The summed E-state index contributed by atoms with van der Waals surface area (Å²) in [5.41, 5.74) is 2.77. The molecular weight excluding hydrogens is 420 g/mol. The third kappa shape index (κ3) is 5.06. The van der Waals surface area contributed by atoms with E-state index < -0.39 is 5.60 Å². The van der Waals surface area contributed by atoms with Crippen LogP contribution < -0.4 is 0 Å². The van der Waals surface area contributed by atoms with Gasteiger partial charge in [-0.1, -0.05) is 60.7 Å². The normalized spacial score (nSPS) is 26.7. The van der Waals surface area contributed by atoms with Crippen LogP contribution in [-0.2, 0) is 16.9 Å². The second-order valence-electron chi connectivity index (χ2n) is 10.4. The van der Waals surface area contributed by atoms with Crippen molar-refractivity contribution in [3.8, 4) is 0 Å². The van der Waals surface area contributed by atoms with Crippen molar-refractivity contribution in [3.05, 3.63) is 83.4 Å². The summed E-state index contributed by atoms with van der Waals surface area (Å²) >= 11 is 0. The highest BCUT2D eigenvalue weighted by molar-refractivity contribution is 5.83. The number of ether oxygens (including phenoxy) is 1. The topological polar surface area (TPSA) is 35.9 Å². The minimum Gasteiger partial charge on any atom is -0.385 e. The van der Waals surface area contributed by atoms with Crippen LogP contribution in [0.5, 0.6) is 0 Å². The van der Waals surface area contributed by atoms with Crippen LogP contribution >= 0.6 is 0 Å². The van der Waals surface area contributed by atoms with Crippen molar-refractivity contribution < 1.29 is 9.84 Å². The summed E-state index contributed by atoms with van der Waals surface area (Å²) < 4.78 is 6.45. The van der Waals surface area contributed by atoms with Crippen LogP contribution in [0, 0.1) is 12.8 Å². The molecule has 4 heteroatoms. The lowest BCUT2D eigenvalue weighted by Gasteiger charge is -2.46. The lowest BCUT2D eigenvalue weighted by Crippen LogP contribution is -2.52. The van der Waals surface area contributed by atoms with E-state index in [4.69, 9.17) is 4.74 Å². The number of aliphatic hydroxyl groups is 1. The first-order chi connectivity index (χ1) is 16.5. The molecule has 1 N–H and O–H groups in total. The maximum absolute atomic E-state index is 12.2. The number of rotatable bonds is 6. The van der Waals surface area contributed by atoms with Crippen LogP contribution in [0.1, 0.15) is 36.0 Å². The van der Waals surface area contributed by atoms with Gasteiger partial charge in [-0.05, 0) is 66.8 Å². The Bertz CT molecular complexity index is 1110. The quantitative estimate of drug-likeness (QED) is 0.566. The summed E-state index contributed by atoms with van der Waals surface area (Å²) in [6, 6.07) is 23.4. The zero-order valence-electron chi connectivity index (χ0n) is 20.6. The smallest absolute Gasteiger partial charge is 0.0938 e. The van der Waals surface area contributed by atoms with Crippen molar-refractivity contribution in [2.75, 3.05) is 39.8 Å². The van der Waals surface area contributed by atoms with Gasteiger partial charge in [0.1, 0.15) is 0 Å². The van der Waals surface area contributed by atoms with Crippen molar-refractivity contribution in [2.24, 2.45) is 5.92 Å². The molecule has 2 fully saturated rings. The van der Waals surface area contributed by atoms with Gasteiger partial charge in [-0.15, -0.1) is 0 Å². The molecule has 0 amide bonds. The number of nitrogens with zero attached hydrogens (tertiary/aromatic N) is 2. The lowest BCUT2D eigenvalue weighted by atomic mass is 9.70. The Labute approximate surface area is 204 Å². The fourth-order valence-corrected chi connectivity index (χ4v) is 5.75. The molecule has 34 heavy (non-hydrogen) atoms. The molecule has 1 aliphatic heterocycles. The Balaban J connectivity index is 1.36. The average molecular weight is 459 g/mol. The van der Waals surface area contributed by atoms with Crippen LogP contribution in [0.25, 0.3) is 10.8 Å². The molecule has 3 unspecified atom stereocenters. The molecule has 180 valence electrons. The first-order valence-corrected chi connectivity index (χ1v) is 12.8. The SMILES string of the molecule is Cc1ccccc1COC1CCC(O)(c2ccc3ccccc3c2)C(CN2CCN(C)CC2)C1. The second kappa shape index (κ2) is 10.2. The third-order valence-corrected chi connectivity index (χ3v) is 8.13. The largest absolute Gasteiger partial charge is 0.385 e. The molecular formula is C30H38N2O2. The summed E-state index contributed by atoms with van der Waals surface area (Å²) in [5, 5.41) is 14.6. The van der Waals surface area contributed by atoms with Gasteiger partial charge in [-0.25, -0.2) is 0 Å². The minimum atomic E-state index is -0.824. The lowest BCUT2D eigenvalue weighted by molar-refractivity contribution is -0.114. The zero-order chi connectivity index (χ0) is 23.5. The van der Waals surface area contributed by atoms with Gasteiger partial charge < -0.3 is 19.6 Å². The van der Waals surface area contributed by atoms with Crippen molar-refractivity contribution in [1.29, 1.82) is 0 Å². The molecule has 1 saturated heterocycles. The highest BCUT2D eigenvalue weighted by atomic mass is 16.5. The van der Waals surface area contributed by atoms with Gasteiger partial charge in [0, 0.05) is 38.6 Å². The summed E-state index contributed by atoms with van der Waals surface area (Å²) in [6.07, 6.45) is 2.69. The Morgan fingerprint density at radius 3 is 2.47 bits per heavy atom. The van der Waals surface area contributed by atoms with Crippen LogP contribution in [0.4, 0.5) is 0 Å². The summed E-state index contributed by atoms with van der Waals surface area (Å²) in [4.78, 5) is 4.93. The van der Waals surface area contributed by atoms with Crippen molar-refractivity contribution in [2.45, 2.75) is 44.5 Å². The first-order valence-electron chi connectivity index (χ1n) is 12.8. The van der Waals surface area contributed by atoms with E-state index in [1.807, 2.05) is 0 Å². The van der Waals surface area contributed by atoms with Gasteiger partial charge in [0.2, 0.25) is 0 Å². The Morgan fingerprint density at radius 2 is 1.68 bits per heavy atom. The van der Waals surface area contributed by atoms with Crippen molar-refractivity contribution in [1.82, 2.24) is 9.80 Å². The van der Waals surface area contributed by atoms with E-state index >= 15 is 0 Å². The van der Waals surface area contributed by atoms with E-state index in [9.17, 15) is 5.11 Å². The van der Waals surface area contributed by atoms with E-state index in [1.165, 1.54) is 21.9 Å². The monoisotopic (exact) mass is 458 g/mol. The number of hydrogen-bond donors (Lipinski definition) is 1. The second-order valence-corrected chi connectivity index (χ2v) is 10.4. The predicted octanol–water partition coefficient (Wildman–Crippen LogP) is 4.97.